The molecule has 0 aliphatic carbocycles. The predicted octanol–water partition coefficient (Wildman–Crippen LogP) is 2.66. The van der Waals surface area contributed by atoms with Crippen molar-refractivity contribution in [2.24, 2.45) is 0 Å². The summed E-state index contributed by atoms with van der Waals surface area (Å²) in [5.74, 6) is 0.988. The monoisotopic (exact) mass is 244 g/mol. The second kappa shape index (κ2) is 6.26. The van der Waals surface area contributed by atoms with Gasteiger partial charge < -0.3 is 10.1 Å². The molecule has 3 heteroatoms. The van der Waals surface area contributed by atoms with Crippen molar-refractivity contribution in [2.45, 2.75) is 6.54 Å². The van der Waals surface area contributed by atoms with Gasteiger partial charge in [0.15, 0.2) is 0 Å². The first-order valence-electron chi connectivity index (χ1n) is 6.28. The second-order valence-electron chi connectivity index (χ2n) is 4.34. The molecule has 0 atom stereocenters. The number of benzene rings is 1. The minimum absolute atomic E-state index is 0.729. The van der Waals surface area contributed by atoms with Crippen molar-refractivity contribution in [3.8, 4) is 5.75 Å². The van der Waals surface area contributed by atoms with Crippen molar-refractivity contribution in [2.75, 3.05) is 31.6 Å². The standard InChI is InChI=1S/C15H20N2O/c1-3-9-17(10-4-2)12-13-6-5-7-14-15(13)18-11-8-16-14/h3-7,16H,1-2,8-12H2. The van der Waals surface area contributed by atoms with E-state index in [1.54, 1.807) is 0 Å². The lowest BCUT2D eigenvalue weighted by Gasteiger charge is -2.25. The minimum Gasteiger partial charge on any atom is -0.489 e. The molecular formula is C15H20N2O. The van der Waals surface area contributed by atoms with E-state index in [1.165, 1.54) is 5.56 Å². The molecule has 1 aromatic rings. The van der Waals surface area contributed by atoms with Gasteiger partial charge >= 0.3 is 0 Å². The van der Waals surface area contributed by atoms with E-state index in [0.29, 0.717) is 0 Å². The number of nitrogens with one attached hydrogen (secondary N) is 1. The van der Waals surface area contributed by atoms with Gasteiger partial charge in [-0.2, -0.15) is 0 Å². The van der Waals surface area contributed by atoms with E-state index in [4.69, 9.17) is 4.74 Å². The fourth-order valence-electron chi connectivity index (χ4n) is 2.17. The Hall–Kier alpha value is -1.74. The molecule has 3 nitrogen and oxygen atoms in total. The summed E-state index contributed by atoms with van der Waals surface area (Å²) in [7, 11) is 0. The summed E-state index contributed by atoms with van der Waals surface area (Å²) in [4.78, 5) is 2.27. The van der Waals surface area contributed by atoms with Crippen molar-refractivity contribution in [1.82, 2.24) is 4.90 Å². The van der Waals surface area contributed by atoms with Gasteiger partial charge in [0, 0.05) is 31.7 Å². The first-order valence-corrected chi connectivity index (χ1v) is 6.28. The number of fused-ring (bicyclic) bond motifs is 1. The van der Waals surface area contributed by atoms with Crippen molar-refractivity contribution in [1.29, 1.82) is 0 Å². The number of nitrogens with zero attached hydrogens (tertiary/aromatic N) is 1. The Morgan fingerprint density at radius 2 is 2.06 bits per heavy atom. The van der Waals surface area contributed by atoms with Gasteiger partial charge in [0.05, 0.1) is 5.69 Å². The molecule has 18 heavy (non-hydrogen) atoms. The zero-order valence-corrected chi connectivity index (χ0v) is 10.7. The van der Waals surface area contributed by atoms with Gasteiger partial charge in [-0.3, -0.25) is 4.90 Å². The van der Waals surface area contributed by atoms with Crippen molar-refractivity contribution in [3.63, 3.8) is 0 Å². The molecule has 0 bridgehead atoms. The van der Waals surface area contributed by atoms with E-state index in [0.717, 1.165) is 44.2 Å². The summed E-state index contributed by atoms with van der Waals surface area (Å²) in [5, 5.41) is 3.36. The molecule has 0 radical (unpaired) electrons. The summed E-state index contributed by atoms with van der Waals surface area (Å²) in [5.41, 5.74) is 2.30. The zero-order valence-electron chi connectivity index (χ0n) is 10.7. The third-order valence-electron chi connectivity index (χ3n) is 2.93. The number of hydrogen-bond acceptors (Lipinski definition) is 3. The highest BCUT2D eigenvalue weighted by molar-refractivity contribution is 5.61. The predicted molar refractivity (Wildman–Crippen MR) is 76.1 cm³/mol. The Morgan fingerprint density at radius 3 is 2.78 bits per heavy atom. The molecule has 1 aliphatic rings. The van der Waals surface area contributed by atoms with Gasteiger partial charge in [-0.25, -0.2) is 0 Å². The second-order valence-corrected chi connectivity index (χ2v) is 4.34. The summed E-state index contributed by atoms with van der Waals surface area (Å²) < 4.78 is 5.77. The third-order valence-corrected chi connectivity index (χ3v) is 2.93. The van der Waals surface area contributed by atoms with Crippen LogP contribution in [0.15, 0.2) is 43.5 Å². The average molecular weight is 244 g/mol. The number of rotatable bonds is 6. The lowest BCUT2D eigenvalue weighted by Crippen LogP contribution is -2.25. The molecule has 1 aromatic carbocycles. The Balaban J connectivity index is 2.16. The van der Waals surface area contributed by atoms with Crippen LogP contribution >= 0.6 is 0 Å². The highest BCUT2D eigenvalue weighted by Crippen LogP contribution is 2.31. The largest absolute Gasteiger partial charge is 0.489 e. The van der Waals surface area contributed by atoms with Gasteiger partial charge in [0.2, 0.25) is 0 Å². The first kappa shape index (κ1) is 12.7. The molecule has 0 amide bonds. The molecule has 0 spiro atoms. The molecule has 0 saturated heterocycles. The summed E-state index contributed by atoms with van der Waals surface area (Å²) in [6.45, 7) is 11.7. The smallest absolute Gasteiger partial charge is 0.146 e. The van der Waals surface area contributed by atoms with Crippen LogP contribution in [-0.4, -0.2) is 31.1 Å². The summed E-state index contributed by atoms with van der Waals surface area (Å²) in [6, 6.07) is 6.24. The van der Waals surface area contributed by atoms with E-state index in [9.17, 15) is 0 Å². The van der Waals surface area contributed by atoms with Gasteiger partial charge in [0.1, 0.15) is 12.4 Å². The highest BCUT2D eigenvalue weighted by Gasteiger charge is 2.15. The Bertz CT molecular complexity index is 419. The van der Waals surface area contributed by atoms with Crippen LogP contribution in [0.3, 0.4) is 0 Å². The number of ether oxygens (including phenoxy) is 1. The number of anilines is 1. The van der Waals surface area contributed by atoms with E-state index < -0.39 is 0 Å². The lowest BCUT2D eigenvalue weighted by molar-refractivity contribution is 0.295. The van der Waals surface area contributed by atoms with Gasteiger partial charge in [0.25, 0.3) is 0 Å². The van der Waals surface area contributed by atoms with Crippen LogP contribution in [0, 0.1) is 0 Å². The molecule has 1 heterocycles. The van der Waals surface area contributed by atoms with Crippen molar-refractivity contribution < 1.29 is 4.74 Å². The van der Waals surface area contributed by atoms with Crippen LogP contribution in [0.5, 0.6) is 5.75 Å². The lowest BCUT2D eigenvalue weighted by atomic mass is 10.1. The molecule has 0 aromatic heterocycles. The quantitative estimate of drug-likeness (QED) is 0.779. The maximum atomic E-state index is 5.77. The van der Waals surface area contributed by atoms with Crippen molar-refractivity contribution in [3.05, 3.63) is 49.1 Å². The highest BCUT2D eigenvalue weighted by atomic mass is 16.5. The Labute approximate surface area is 109 Å². The molecule has 1 aliphatic heterocycles. The SMILES string of the molecule is C=CCN(CC=C)Cc1cccc2c1OCCN2. The van der Waals surface area contributed by atoms with E-state index in [1.807, 2.05) is 12.2 Å². The zero-order chi connectivity index (χ0) is 12.8. The fourth-order valence-corrected chi connectivity index (χ4v) is 2.17. The molecule has 0 fully saturated rings. The Kier molecular flexibility index (Phi) is 4.42. The Morgan fingerprint density at radius 1 is 1.28 bits per heavy atom. The number of para-hydroxylation sites is 1. The normalized spacial score (nSPS) is 13.4. The van der Waals surface area contributed by atoms with Crippen molar-refractivity contribution >= 4 is 5.69 Å². The molecule has 0 unspecified atom stereocenters. The van der Waals surface area contributed by atoms with Gasteiger partial charge in [-0.05, 0) is 6.07 Å². The van der Waals surface area contributed by atoms with Gasteiger partial charge in [-0.15, -0.1) is 13.2 Å². The number of hydrogen-bond donors (Lipinski definition) is 1. The van der Waals surface area contributed by atoms with E-state index in [-0.39, 0.29) is 0 Å². The maximum Gasteiger partial charge on any atom is 0.146 e. The fraction of sp³-hybridized carbons (Fsp3) is 0.333. The molecule has 1 N–H and O–H groups in total. The van der Waals surface area contributed by atoms with Crippen LogP contribution in [-0.2, 0) is 6.54 Å². The third kappa shape index (κ3) is 2.93. The molecule has 2 rings (SSSR count). The first-order chi connectivity index (χ1) is 8.85. The van der Waals surface area contributed by atoms with Gasteiger partial charge in [-0.1, -0.05) is 24.3 Å². The summed E-state index contributed by atoms with van der Waals surface area (Å²) >= 11 is 0. The van der Waals surface area contributed by atoms with Crippen LogP contribution in [0.1, 0.15) is 5.56 Å². The minimum atomic E-state index is 0.729. The average Bonchev–Trinajstić information content (AvgIpc) is 2.40. The van der Waals surface area contributed by atoms with Crippen LogP contribution < -0.4 is 10.1 Å². The van der Waals surface area contributed by atoms with Crippen LogP contribution in [0.25, 0.3) is 0 Å². The topological polar surface area (TPSA) is 24.5 Å². The molecule has 96 valence electrons. The maximum absolute atomic E-state index is 5.77. The van der Waals surface area contributed by atoms with E-state index in [2.05, 4.69) is 41.6 Å². The van der Waals surface area contributed by atoms with E-state index >= 15 is 0 Å². The summed E-state index contributed by atoms with van der Waals surface area (Å²) in [6.07, 6.45) is 3.83. The van der Waals surface area contributed by atoms with Crippen LogP contribution in [0.4, 0.5) is 5.69 Å². The molecular weight excluding hydrogens is 224 g/mol. The molecule has 0 saturated carbocycles. The van der Waals surface area contributed by atoms with Crippen LogP contribution in [0.2, 0.25) is 0 Å².